The Balaban J connectivity index is 1.53. The number of likely N-dealkylation sites (tertiary alicyclic amines) is 1. The van der Waals surface area contributed by atoms with Crippen LogP contribution in [0.25, 0.3) is 11.3 Å². The highest BCUT2D eigenvalue weighted by atomic mass is 35.5. The molecule has 1 saturated heterocycles. The number of nitrogens with zero attached hydrogens (tertiary/aromatic N) is 4. The standard InChI is InChI=1S/C25H30ClN5O5S2/c1-27-38(33,34)20-7-4-17(5-8-20)22-24(37-21-9-6-19(26)16-28-21)36-23(29-22)18-10-12-31(13-11-18)25(32)35-15-14-30(2)3/h4-9,16,18,27H,10-15H2,1-3H3. The minimum Gasteiger partial charge on any atom is -0.448 e. The summed E-state index contributed by atoms with van der Waals surface area (Å²) in [6.07, 6.45) is 2.63. The van der Waals surface area contributed by atoms with Gasteiger partial charge in [-0.15, -0.1) is 0 Å². The van der Waals surface area contributed by atoms with Gasteiger partial charge in [-0.25, -0.2) is 27.9 Å². The fraction of sp³-hybridized carbons (Fsp3) is 0.400. The van der Waals surface area contributed by atoms with Crippen LogP contribution in [0.4, 0.5) is 4.79 Å². The predicted molar refractivity (Wildman–Crippen MR) is 145 cm³/mol. The molecule has 10 nitrogen and oxygen atoms in total. The van der Waals surface area contributed by atoms with Gasteiger partial charge in [0.25, 0.3) is 0 Å². The Bertz CT molecular complexity index is 1340. The highest BCUT2D eigenvalue weighted by Crippen LogP contribution is 2.39. The number of pyridine rings is 1. The molecule has 1 amide bonds. The molecule has 0 atom stereocenters. The van der Waals surface area contributed by atoms with Crippen LogP contribution >= 0.6 is 23.4 Å². The second-order valence-corrected chi connectivity index (χ2v) is 12.3. The summed E-state index contributed by atoms with van der Waals surface area (Å²) in [5.41, 5.74) is 1.31. The number of carbonyl (C=O) groups excluding carboxylic acids is 1. The summed E-state index contributed by atoms with van der Waals surface area (Å²) in [6, 6.07) is 10.0. The minimum absolute atomic E-state index is 0.0241. The van der Waals surface area contributed by atoms with Crippen molar-refractivity contribution in [1.82, 2.24) is 24.5 Å². The lowest BCUT2D eigenvalue weighted by Gasteiger charge is -2.30. The van der Waals surface area contributed by atoms with Crippen LogP contribution in [0.15, 0.2) is 62.0 Å². The number of likely N-dealkylation sites (N-methyl/N-ethyl adjacent to an activating group) is 1. The number of carbonyl (C=O) groups is 1. The van der Waals surface area contributed by atoms with E-state index in [1.165, 1.54) is 30.9 Å². The Kier molecular flexibility index (Phi) is 9.32. The van der Waals surface area contributed by atoms with Crippen molar-refractivity contribution < 1.29 is 22.4 Å². The van der Waals surface area contributed by atoms with Gasteiger partial charge < -0.3 is 19.0 Å². The molecule has 3 heterocycles. The zero-order valence-electron chi connectivity index (χ0n) is 21.4. The van der Waals surface area contributed by atoms with Crippen LogP contribution in [0, 0.1) is 0 Å². The van der Waals surface area contributed by atoms with Crippen molar-refractivity contribution in [1.29, 1.82) is 0 Å². The molecule has 0 saturated carbocycles. The third-order valence-electron chi connectivity index (χ3n) is 6.08. The molecule has 1 N–H and O–H groups in total. The molecule has 0 unspecified atom stereocenters. The van der Waals surface area contributed by atoms with Crippen LogP contribution in [0.3, 0.4) is 0 Å². The number of ether oxygens (including phenoxy) is 1. The molecular weight excluding hydrogens is 550 g/mol. The van der Waals surface area contributed by atoms with E-state index in [-0.39, 0.29) is 16.9 Å². The first-order valence-corrected chi connectivity index (χ1v) is 14.7. The van der Waals surface area contributed by atoms with E-state index in [1.807, 2.05) is 19.0 Å². The highest BCUT2D eigenvalue weighted by molar-refractivity contribution is 7.99. The maximum atomic E-state index is 12.4. The second kappa shape index (κ2) is 12.5. The first-order chi connectivity index (χ1) is 18.2. The van der Waals surface area contributed by atoms with E-state index in [9.17, 15) is 13.2 Å². The Morgan fingerprint density at radius 2 is 1.92 bits per heavy atom. The van der Waals surface area contributed by atoms with Crippen LogP contribution in [-0.2, 0) is 14.8 Å². The maximum Gasteiger partial charge on any atom is 0.409 e. The SMILES string of the molecule is CNS(=O)(=O)c1ccc(-c2nc(C3CCN(C(=O)OCCN(C)C)CC3)oc2Sc2ccc(Cl)cn2)cc1. The fourth-order valence-corrected chi connectivity index (χ4v) is 5.55. The van der Waals surface area contributed by atoms with Crippen LogP contribution < -0.4 is 4.72 Å². The quantitative estimate of drug-likeness (QED) is 0.395. The smallest absolute Gasteiger partial charge is 0.409 e. The van der Waals surface area contributed by atoms with Crippen molar-refractivity contribution in [3.05, 3.63) is 53.5 Å². The third kappa shape index (κ3) is 7.06. The number of amides is 1. The molecule has 0 radical (unpaired) electrons. The van der Waals surface area contributed by atoms with Crippen molar-refractivity contribution in [2.45, 2.75) is 33.8 Å². The zero-order valence-corrected chi connectivity index (χ0v) is 23.8. The lowest BCUT2D eigenvalue weighted by atomic mass is 9.97. The van der Waals surface area contributed by atoms with Crippen molar-refractivity contribution >= 4 is 39.5 Å². The van der Waals surface area contributed by atoms with Gasteiger partial charge in [0, 0.05) is 37.3 Å². The number of hydrogen-bond acceptors (Lipinski definition) is 9. The van der Waals surface area contributed by atoms with E-state index in [2.05, 4.69) is 9.71 Å². The van der Waals surface area contributed by atoms with Crippen molar-refractivity contribution in [2.24, 2.45) is 0 Å². The van der Waals surface area contributed by atoms with Gasteiger partial charge in [-0.05, 0) is 70.0 Å². The monoisotopic (exact) mass is 579 g/mol. The summed E-state index contributed by atoms with van der Waals surface area (Å²) in [7, 11) is 1.67. The summed E-state index contributed by atoms with van der Waals surface area (Å²) in [4.78, 5) is 25.4. The number of halogens is 1. The molecular formula is C25H30ClN5O5S2. The number of rotatable bonds is 9. The first-order valence-electron chi connectivity index (χ1n) is 12.1. The number of piperidine rings is 1. The van der Waals surface area contributed by atoms with E-state index >= 15 is 0 Å². The van der Waals surface area contributed by atoms with E-state index in [4.69, 9.17) is 25.7 Å². The van der Waals surface area contributed by atoms with Gasteiger partial charge in [-0.3, -0.25) is 0 Å². The van der Waals surface area contributed by atoms with Crippen LogP contribution in [-0.4, -0.2) is 81.7 Å². The summed E-state index contributed by atoms with van der Waals surface area (Å²) >= 11 is 7.30. The molecule has 0 aliphatic carbocycles. The molecule has 38 heavy (non-hydrogen) atoms. The molecule has 2 aromatic heterocycles. The number of nitrogens with one attached hydrogen (secondary N) is 1. The number of aromatic nitrogens is 2. The minimum atomic E-state index is -3.56. The topological polar surface area (TPSA) is 118 Å². The van der Waals surface area contributed by atoms with Crippen molar-refractivity contribution in [2.75, 3.05) is 47.4 Å². The number of benzene rings is 1. The average molecular weight is 580 g/mol. The van der Waals surface area contributed by atoms with E-state index < -0.39 is 10.0 Å². The Labute approximate surface area is 231 Å². The van der Waals surface area contributed by atoms with E-state index in [0.717, 1.165) is 0 Å². The van der Waals surface area contributed by atoms with Gasteiger partial charge in [0.05, 0.1) is 9.92 Å². The molecule has 1 fully saturated rings. The Hall–Kier alpha value is -2.64. The molecule has 0 bridgehead atoms. The zero-order chi connectivity index (χ0) is 27.3. The average Bonchev–Trinajstić information content (AvgIpc) is 3.33. The fourth-order valence-electron chi connectivity index (χ4n) is 3.89. The van der Waals surface area contributed by atoms with Crippen molar-refractivity contribution in [3.63, 3.8) is 0 Å². The lowest BCUT2D eigenvalue weighted by Crippen LogP contribution is -2.39. The van der Waals surface area contributed by atoms with Gasteiger partial charge >= 0.3 is 6.09 Å². The molecule has 4 rings (SSSR count). The van der Waals surface area contributed by atoms with Crippen LogP contribution in [0.1, 0.15) is 24.7 Å². The summed E-state index contributed by atoms with van der Waals surface area (Å²) in [6.45, 7) is 2.11. The summed E-state index contributed by atoms with van der Waals surface area (Å²) < 4.78 is 38.2. The summed E-state index contributed by atoms with van der Waals surface area (Å²) in [5, 5.41) is 1.76. The molecule has 3 aromatic rings. The largest absolute Gasteiger partial charge is 0.448 e. The molecule has 13 heteroatoms. The first kappa shape index (κ1) is 28.4. The Morgan fingerprint density at radius 3 is 2.53 bits per heavy atom. The second-order valence-electron chi connectivity index (χ2n) is 9.02. The number of oxazole rings is 1. The van der Waals surface area contributed by atoms with Gasteiger partial charge in [0.1, 0.15) is 17.3 Å². The van der Waals surface area contributed by atoms with Crippen LogP contribution in [0.2, 0.25) is 5.02 Å². The summed E-state index contributed by atoms with van der Waals surface area (Å²) in [5.74, 6) is 0.597. The van der Waals surface area contributed by atoms with E-state index in [1.54, 1.807) is 35.4 Å². The number of sulfonamides is 1. The normalized spacial score (nSPS) is 14.7. The Morgan fingerprint density at radius 1 is 1.21 bits per heavy atom. The predicted octanol–water partition coefficient (Wildman–Crippen LogP) is 4.33. The molecule has 204 valence electrons. The maximum absolute atomic E-state index is 12.4. The van der Waals surface area contributed by atoms with Gasteiger partial charge in [-0.1, -0.05) is 23.7 Å². The molecule has 1 aliphatic heterocycles. The third-order valence-corrected chi connectivity index (χ3v) is 8.65. The van der Waals surface area contributed by atoms with E-state index in [0.29, 0.717) is 71.4 Å². The highest BCUT2D eigenvalue weighted by Gasteiger charge is 2.29. The molecule has 1 aromatic carbocycles. The molecule has 0 spiro atoms. The van der Waals surface area contributed by atoms with Gasteiger partial charge in [0.15, 0.2) is 11.0 Å². The van der Waals surface area contributed by atoms with Crippen LogP contribution in [0.5, 0.6) is 0 Å². The number of hydrogen-bond donors (Lipinski definition) is 1. The van der Waals surface area contributed by atoms with Gasteiger partial charge in [-0.2, -0.15) is 0 Å². The van der Waals surface area contributed by atoms with Crippen molar-refractivity contribution in [3.8, 4) is 11.3 Å². The van der Waals surface area contributed by atoms with Gasteiger partial charge in [0.2, 0.25) is 10.0 Å². The molecule has 1 aliphatic rings. The lowest BCUT2D eigenvalue weighted by molar-refractivity contribution is 0.0856.